The molecule has 0 aliphatic carbocycles. The van der Waals surface area contributed by atoms with Crippen LogP contribution in [0.2, 0.25) is 0 Å². The number of aliphatic carboxylic acids is 4. The van der Waals surface area contributed by atoms with Crippen molar-refractivity contribution in [3.8, 4) is 0 Å². The largest absolute Gasteiger partial charge is 0.481 e. The maximum Gasteiger partial charge on any atom is 0.312 e. The number of carbonyl (C=O) groups is 15. The lowest BCUT2D eigenvalue weighted by Crippen LogP contribution is -2.54. The number of primary amides is 1. The molecule has 1 unspecified atom stereocenters. The highest BCUT2D eigenvalue weighted by Gasteiger charge is 2.40. The average molecular weight is 1220 g/mol. The number of carboxylic acids is 4. The SMILES string of the molecule is CC(C)[C@H](NC(=O)CCCCCN1C(=O)CC(SC[C@H](CC(=O)[C@H](CC(=O)O)NC(=O)[C@H](CC(=O)O)CC(=O)[C@H](CCCN=C(N)N)NC(=O)[C@@H](N)CC(=O)O)C(=O)O)C1=O)C(=O)N[C@@H](CCCNC(N)=O)C(=O)Nc1ccc(COC=O)cc1. The molecule has 1 heterocycles. The molecule has 32 nitrogen and oxygen atoms in total. The van der Waals surface area contributed by atoms with E-state index in [0.29, 0.717) is 24.1 Å². The van der Waals surface area contributed by atoms with Crippen LogP contribution in [0.4, 0.5) is 10.5 Å². The highest BCUT2D eigenvalue weighted by atomic mass is 32.2. The van der Waals surface area contributed by atoms with Gasteiger partial charge in [0.2, 0.25) is 41.4 Å². The Morgan fingerprint density at radius 1 is 0.706 bits per heavy atom. The van der Waals surface area contributed by atoms with Crippen molar-refractivity contribution in [3.63, 3.8) is 0 Å². The van der Waals surface area contributed by atoms with E-state index in [1.807, 2.05) is 0 Å². The zero-order valence-electron chi connectivity index (χ0n) is 47.0. The quantitative estimate of drug-likeness (QED) is 0.0108. The number of likely N-dealkylation sites (tertiary alicyclic amines) is 1. The van der Waals surface area contributed by atoms with Gasteiger partial charge in [0.25, 0.3) is 6.47 Å². The molecule has 2 rings (SSSR count). The van der Waals surface area contributed by atoms with E-state index in [1.54, 1.807) is 38.1 Å². The van der Waals surface area contributed by atoms with Gasteiger partial charge in [0.05, 0.1) is 54.5 Å². The number of Topliss-reactive ketones (excluding diaryl/α,β-unsaturated/α-hetero) is 2. The monoisotopic (exact) mass is 1220 g/mol. The Morgan fingerprint density at radius 3 is 1.89 bits per heavy atom. The van der Waals surface area contributed by atoms with Crippen molar-refractivity contribution in [2.24, 2.45) is 45.7 Å². The van der Waals surface area contributed by atoms with Gasteiger partial charge >= 0.3 is 29.9 Å². The molecule has 1 aliphatic rings. The number of imide groups is 1. The Bertz CT molecular complexity index is 2600. The minimum atomic E-state index is -1.96. The van der Waals surface area contributed by atoms with E-state index in [2.05, 4.69) is 36.9 Å². The van der Waals surface area contributed by atoms with Crippen molar-refractivity contribution < 1.29 is 97.1 Å². The van der Waals surface area contributed by atoms with Gasteiger partial charge in [-0.2, -0.15) is 0 Å². The summed E-state index contributed by atoms with van der Waals surface area (Å²) in [5, 5.41) is 52.1. The summed E-state index contributed by atoms with van der Waals surface area (Å²) in [6, 6.07) is -1.65. The molecule has 9 amide bonds. The number of carboxylic acid groups (broad SMARTS) is 4. The van der Waals surface area contributed by atoms with Gasteiger partial charge in [0.15, 0.2) is 17.5 Å². The van der Waals surface area contributed by atoms with Crippen molar-refractivity contribution in [3.05, 3.63) is 29.8 Å². The van der Waals surface area contributed by atoms with E-state index in [0.717, 1.165) is 16.7 Å². The van der Waals surface area contributed by atoms with Gasteiger partial charge in [-0.1, -0.05) is 32.4 Å². The molecule has 0 radical (unpaired) electrons. The molecule has 1 aromatic rings. The van der Waals surface area contributed by atoms with Gasteiger partial charge in [-0.3, -0.25) is 77.0 Å². The van der Waals surface area contributed by atoms with E-state index in [1.165, 1.54) is 0 Å². The summed E-state index contributed by atoms with van der Waals surface area (Å²) >= 11 is 0.749. The number of thioether (sulfide) groups is 1. The second-order valence-corrected chi connectivity index (χ2v) is 21.4. The van der Waals surface area contributed by atoms with Crippen LogP contribution in [0.25, 0.3) is 0 Å². The summed E-state index contributed by atoms with van der Waals surface area (Å²) < 4.78 is 4.73. The number of amides is 9. The molecule has 1 saturated heterocycles. The number of benzene rings is 1. The van der Waals surface area contributed by atoms with Crippen molar-refractivity contribution in [1.29, 1.82) is 0 Å². The third-order valence-electron chi connectivity index (χ3n) is 12.9. The number of rotatable bonds is 43. The second-order valence-electron chi connectivity index (χ2n) is 20.1. The first-order chi connectivity index (χ1) is 40.0. The van der Waals surface area contributed by atoms with E-state index in [9.17, 15) is 87.2 Å². The zero-order chi connectivity index (χ0) is 63.9. The third-order valence-corrected chi connectivity index (χ3v) is 14.3. The number of carbonyl (C=O) groups excluding carboxylic acids is 11. The number of aliphatic imine (C=N–C) groups is 1. The Balaban J connectivity index is 2.04. The molecule has 33 heteroatoms. The summed E-state index contributed by atoms with van der Waals surface area (Å²) in [4.78, 5) is 194. The first-order valence-corrected chi connectivity index (χ1v) is 28.0. The van der Waals surface area contributed by atoms with Crippen LogP contribution in [0.1, 0.15) is 109 Å². The number of unbranched alkanes of at least 4 members (excludes halogenated alkanes) is 2. The lowest BCUT2D eigenvalue weighted by Gasteiger charge is -2.25. The number of nitrogens with zero attached hydrogens (tertiary/aromatic N) is 2. The van der Waals surface area contributed by atoms with Crippen molar-refractivity contribution in [2.45, 2.75) is 146 Å². The standard InChI is InChI=1S/C52H76N12O20S/c1-27(2)44(48(79)61-34(9-7-16-58-52(56)83)47(78)59-31-13-11-28(12-14-31)24-84-26-65)63-39(68)10-4-3-5-17-64-40(69)23-38(49(64)80)85-25-30(50(81)82)19-37(67)35(22-43(74)75)62-45(76)29(20-41(70)71)18-36(66)33(8-6-15-57-51(54)55)60-46(77)32(53)21-42(72)73/h11-14,26-27,29-30,32-35,38,44H,3-10,15-25,53H2,1-2H3,(H,59,78)(H,60,77)(H,61,79)(H,62,76)(H,63,68)(H,70,71)(H,72,73)(H,74,75)(H,81,82)(H4,54,55,57)(H3,56,58,83)/t29-,30-,32-,33-,34-,35-,38?,44-/m0/s1. The first-order valence-electron chi connectivity index (χ1n) is 26.9. The molecular weight excluding hydrogens is 1140 g/mol. The van der Waals surface area contributed by atoms with Crippen LogP contribution in [0.5, 0.6) is 0 Å². The molecule has 8 atom stereocenters. The number of hydrogen-bond acceptors (Lipinski definition) is 19. The van der Waals surface area contributed by atoms with E-state index in [4.69, 9.17) is 32.8 Å². The van der Waals surface area contributed by atoms with Crippen LogP contribution in [0.3, 0.4) is 0 Å². The fourth-order valence-electron chi connectivity index (χ4n) is 8.40. The number of ketones is 2. The van der Waals surface area contributed by atoms with Gasteiger partial charge in [-0.15, -0.1) is 11.8 Å². The number of anilines is 1. The van der Waals surface area contributed by atoms with E-state index in [-0.39, 0.29) is 83.6 Å². The van der Waals surface area contributed by atoms with Crippen LogP contribution < -0.4 is 54.8 Å². The molecule has 0 saturated carbocycles. The molecular formula is C52H76N12O20S. The lowest BCUT2D eigenvalue weighted by atomic mass is 9.91. The normalized spacial score (nSPS) is 15.3. The number of guanidine groups is 1. The predicted molar refractivity (Wildman–Crippen MR) is 300 cm³/mol. The summed E-state index contributed by atoms with van der Waals surface area (Å²) in [5.74, 6) is -18.3. The fourth-order valence-corrected chi connectivity index (χ4v) is 9.65. The minimum absolute atomic E-state index is 0.0156. The van der Waals surface area contributed by atoms with Gasteiger partial charge in [0.1, 0.15) is 18.7 Å². The maximum absolute atomic E-state index is 13.6. The van der Waals surface area contributed by atoms with Crippen LogP contribution in [0.15, 0.2) is 29.3 Å². The summed E-state index contributed by atoms with van der Waals surface area (Å²) in [6.45, 7) is 3.66. The zero-order valence-corrected chi connectivity index (χ0v) is 47.8. The summed E-state index contributed by atoms with van der Waals surface area (Å²) in [6.07, 6.45) is -4.23. The predicted octanol–water partition coefficient (Wildman–Crippen LogP) is -2.20. The Hall–Kier alpha value is -8.75. The molecule has 0 bridgehead atoms. The van der Waals surface area contributed by atoms with Crippen molar-refractivity contribution >= 4 is 113 Å². The van der Waals surface area contributed by atoms with E-state index < -0.39 is 174 Å². The minimum Gasteiger partial charge on any atom is -0.481 e. The molecule has 470 valence electrons. The van der Waals surface area contributed by atoms with Crippen LogP contribution in [0, 0.1) is 17.8 Å². The molecule has 1 aromatic carbocycles. The van der Waals surface area contributed by atoms with Crippen molar-refractivity contribution in [2.75, 3.05) is 30.7 Å². The Morgan fingerprint density at radius 2 is 1.31 bits per heavy atom. The Labute approximate surface area is 491 Å². The van der Waals surface area contributed by atoms with Crippen molar-refractivity contribution in [1.82, 2.24) is 31.5 Å². The molecule has 0 spiro atoms. The molecule has 85 heavy (non-hydrogen) atoms. The van der Waals surface area contributed by atoms with Gasteiger partial charge in [-0.05, 0) is 62.1 Å². The fraction of sp³-hybridized carbons (Fsp3) is 0.577. The first kappa shape index (κ1) is 72.4. The van der Waals surface area contributed by atoms with Gasteiger partial charge < -0.3 is 80.0 Å². The number of ether oxygens (including phenoxy) is 1. The molecule has 18 N–H and O–H groups in total. The second kappa shape index (κ2) is 37.5. The topological polar surface area (TPSA) is 538 Å². The third kappa shape index (κ3) is 27.9. The number of hydrogen-bond donors (Lipinski definition) is 14. The van der Waals surface area contributed by atoms with E-state index >= 15 is 0 Å². The van der Waals surface area contributed by atoms with Crippen LogP contribution in [-0.2, 0) is 78.5 Å². The summed E-state index contributed by atoms with van der Waals surface area (Å²) in [5.41, 5.74) is 22.5. The highest BCUT2D eigenvalue weighted by Crippen LogP contribution is 2.29. The average Bonchev–Trinajstić information content (AvgIpc) is 3.29. The Kier molecular flexibility index (Phi) is 31.9. The van der Waals surface area contributed by atoms with Gasteiger partial charge in [0, 0.05) is 56.8 Å². The number of nitrogens with one attached hydrogen (secondary N) is 6. The molecule has 1 aliphatic heterocycles. The lowest BCUT2D eigenvalue weighted by molar-refractivity contribution is -0.145. The molecule has 0 aromatic heterocycles. The van der Waals surface area contributed by atoms with Crippen LogP contribution in [-0.4, -0.2) is 181 Å². The highest BCUT2D eigenvalue weighted by molar-refractivity contribution is 8.00. The summed E-state index contributed by atoms with van der Waals surface area (Å²) in [7, 11) is 0. The number of urea groups is 1. The number of nitrogens with two attached hydrogens (primary N) is 4. The molecule has 1 fully saturated rings. The maximum atomic E-state index is 13.6. The van der Waals surface area contributed by atoms with Crippen LogP contribution >= 0.6 is 11.8 Å². The van der Waals surface area contributed by atoms with Gasteiger partial charge in [-0.25, -0.2) is 4.79 Å². The smallest absolute Gasteiger partial charge is 0.312 e.